The lowest BCUT2D eigenvalue weighted by Crippen LogP contribution is -2.52. The first-order valence-corrected chi connectivity index (χ1v) is 13.9. The van der Waals surface area contributed by atoms with Crippen molar-refractivity contribution >= 4 is 23.4 Å². The molecule has 9 heteroatoms. The van der Waals surface area contributed by atoms with E-state index in [0.29, 0.717) is 23.5 Å². The van der Waals surface area contributed by atoms with Gasteiger partial charge in [0.2, 0.25) is 5.91 Å². The third kappa shape index (κ3) is 6.52. The van der Waals surface area contributed by atoms with E-state index in [2.05, 4.69) is 15.6 Å². The summed E-state index contributed by atoms with van der Waals surface area (Å²) in [7, 11) is 0. The largest absolute Gasteiger partial charge is 0.457 e. The summed E-state index contributed by atoms with van der Waals surface area (Å²) in [6.07, 6.45) is 3.86. The van der Waals surface area contributed by atoms with Gasteiger partial charge in [0.25, 0.3) is 5.91 Å². The number of amides is 2. The van der Waals surface area contributed by atoms with Crippen molar-refractivity contribution in [1.82, 2.24) is 20.5 Å². The summed E-state index contributed by atoms with van der Waals surface area (Å²) in [6.45, 7) is 4.17. The van der Waals surface area contributed by atoms with Gasteiger partial charge < -0.3 is 20.3 Å². The van der Waals surface area contributed by atoms with Gasteiger partial charge in [0.15, 0.2) is 5.78 Å². The number of likely N-dealkylation sites (tertiary alicyclic amines) is 1. The first kappa shape index (κ1) is 28.2. The van der Waals surface area contributed by atoms with Crippen molar-refractivity contribution in [1.29, 1.82) is 0 Å². The lowest BCUT2D eigenvalue weighted by Gasteiger charge is -2.28. The van der Waals surface area contributed by atoms with Crippen molar-refractivity contribution in [2.75, 3.05) is 13.1 Å². The number of hydrogen-bond donors (Lipinski definition) is 2. The number of fused-ring (bicyclic) bond motifs is 1. The highest BCUT2D eigenvalue weighted by Crippen LogP contribution is 2.31. The number of rotatable bonds is 10. The normalized spacial score (nSPS) is 20.5. The summed E-state index contributed by atoms with van der Waals surface area (Å²) in [5.74, 6) is -0.0699. The summed E-state index contributed by atoms with van der Waals surface area (Å²) in [6, 6.07) is 17.6. The van der Waals surface area contributed by atoms with E-state index in [1.165, 1.54) is 4.90 Å². The second kappa shape index (κ2) is 12.4. The lowest BCUT2D eigenvalue weighted by molar-refractivity contribution is -0.138. The molecule has 2 saturated heterocycles. The second-order valence-electron chi connectivity index (χ2n) is 11.0. The van der Waals surface area contributed by atoms with Crippen LogP contribution in [-0.2, 0) is 20.8 Å². The Bertz CT molecular complexity index is 1390. The zero-order chi connectivity index (χ0) is 28.9. The molecule has 1 aromatic heterocycles. The zero-order valence-electron chi connectivity index (χ0n) is 23.2. The highest BCUT2D eigenvalue weighted by Gasteiger charge is 2.53. The van der Waals surface area contributed by atoms with Crippen molar-refractivity contribution in [2.45, 2.75) is 44.8 Å². The van der Waals surface area contributed by atoms with Gasteiger partial charge in [-0.25, -0.2) is 0 Å². The molecule has 0 aliphatic carbocycles. The Morgan fingerprint density at radius 2 is 1.76 bits per heavy atom. The minimum absolute atomic E-state index is 0.0484. The molecule has 212 valence electrons. The van der Waals surface area contributed by atoms with Gasteiger partial charge >= 0.3 is 0 Å². The molecule has 2 aliphatic heterocycles. The summed E-state index contributed by atoms with van der Waals surface area (Å²) in [5.41, 5.74) is 1.17. The number of aromatic nitrogens is 1. The molecular weight excluding hydrogens is 520 g/mol. The van der Waals surface area contributed by atoms with E-state index in [9.17, 15) is 19.2 Å². The molecule has 0 bridgehead atoms. The Morgan fingerprint density at radius 3 is 2.44 bits per heavy atom. The van der Waals surface area contributed by atoms with E-state index >= 15 is 0 Å². The number of carbonyl (C=O) groups is 4. The fraction of sp³-hybridized carbons (Fsp3) is 0.344. The van der Waals surface area contributed by atoms with Crippen molar-refractivity contribution < 1.29 is 23.9 Å². The van der Waals surface area contributed by atoms with E-state index in [4.69, 9.17) is 4.74 Å². The molecule has 2 N–H and O–H groups in total. The molecule has 2 fully saturated rings. The minimum Gasteiger partial charge on any atom is -0.457 e. The van der Waals surface area contributed by atoms with Crippen LogP contribution in [0.15, 0.2) is 79.1 Å². The van der Waals surface area contributed by atoms with E-state index in [0.717, 1.165) is 5.56 Å². The summed E-state index contributed by atoms with van der Waals surface area (Å²) < 4.78 is 5.81. The first-order valence-electron chi connectivity index (χ1n) is 13.9. The van der Waals surface area contributed by atoms with Crippen molar-refractivity contribution in [3.05, 3.63) is 90.3 Å². The number of carbonyl (C=O) groups excluding carboxylic acids is 4. The number of nitrogens with one attached hydrogen (secondary N) is 2. The Balaban J connectivity index is 1.29. The highest BCUT2D eigenvalue weighted by molar-refractivity contribution is 6.00. The van der Waals surface area contributed by atoms with Crippen LogP contribution in [-0.4, -0.2) is 64.5 Å². The van der Waals surface area contributed by atoms with Crippen LogP contribution >= 0.6 is 0 Å². The number of hydrogen-bond acceptors (Lipinski definition) is 7. The quantitative estimate of drug-likeness (QED) is 0.395. The molecule has 3 heterocycles. The Labute approximate surface area is 239 Å². The van der Waals surface area contributed by atoms with Crippen LogP contribution < -0.4 is 15.4 Å². The van der Waals surface area contributed by atoms with Gasteiger partial charge in [-0.1, -0.05) is 38.1 Å². The molecule has 0 saturated carbocycles. The van der Waals surface area contributed by atoms with Crippen molar-refractivity contribution in [3.8, 4) is 11.5 Å². The van der Waals surface area contributed by atoms with Gasteiger partial charge in [0.05, 0.1) is 12.5 Å². The number of Topliss-reactive ketones (excluding diaryl/α,β-unsaturated/α-hetero) is 2. The molecule has 0 spiro atoms. The maximum Gasteiger partial charge on any atom is 0.251 e. The van der Waals surface area contributed by atoms with E-state index < -0.39 is 30.0 Å². The average molecular weight is 555 g/mol. The number of ketones is 2. The standard InChI is InChI=1S/C32H34N4O5/c1-20(2)15-26(35-31(39)22-10-12-24(13-11-22)41-23-8-4-3-5-9-23)32(40)36-19-25(29-30(36)28(38)18-34-29)27(37)16-21-7-6-14-33-17-21/h3-14,17,20,25-26,29-30,34H,15-16,18-19H2,1-2H3,(H,35,39). The molecule has 4 atom stereocenters. The maximum atomic E-state index is 13.9. The molecular formula is C32H34N4O5. The third-order valence-electron chi connectivity index (χ3n) is 7.55. The third-order valence-corrected chi connectivity index (χ3v) is 7.55. The van der Waals surface area contributed by atoms with Crippen LogP contribution in [0.4, 0.5) is 0 Å². The molecule has 9 nitrogen and oxygen atoms in total. The van der Waals surface area contributed by atoms with Gasteiger partial charge in [0, 0.05) is 37.0 Å². The molecule has 4 unspecified atom stereocenters. The van der Waals surface area contributed by atoms with Gasteiger partial charge in [-0.2, -0.15) is 0 Å². The van der Waals surface area contributed by atoms with E-state index in [1.807, 2.05) is 50.2 Å². The molecule has 2 aromatic carbocycles. The summed E-state index contributed by atoms with van der Waals surface area (Å²) >= 11 is 0. The molecule has 2 aliphatic rings. The molecule has 5 rings (SSSR count). The number of ether oxygens (including phenoxy) is 1. The predicted molar refractivity (Wildman–Crippen MR) is 152 cm³/mol. The molecule has 2 amide bonds. The number of pyridine rings is 1. The topological polar surface area (TPSA) is 118 Å². The van der Waals surface area contributed by atoms with Crippen LogP contribution in [0.5, 0.6) is 11.5 Å². The van der Waals surface area contributed by atoms with Gasteiger partial charge in [-0.05, 0) is 60.4 Å². The number of benzene rings is 2. The lowest BCUT2D eigenvalue weighted by atomic mass is 9.92. The van der Waals surface area contributed by atoms with Crippen LogP contribution in [0.1, 0.15) is 36.2 Å². The second-order valence-corrected chi connectivity index (χ2v) is 11.0. The van der Waals surface area contributed by atoms with Gasteiger partial charge in [-0.3, -0.25) is 24.2 Å². The highest BCUT2D eigenvalue weighted by atomic mass is 16.5. The Kier molecular flexibility index (Phi) is 8.54. The zero-order valence-corrected chi connectivity index (χ0v) is 23.2. The fourth-order valence-electron chi connectivity index (χ4n) is 5.60. The van der Waals surface area contributed by atoms with E-state index in [1.54, 1.807) is 42.7 Å². The fourth-order valence-corrected chi connectivity index (χ4v) is 5.60. The van der Waals surface area contributed by atoms with Crippen molar-refractivity contribution in [2.24, 2.45) is 11.8 Å². The average Bonchev–Trinajstić information content (AvgIpc) is 3.54. The monoisotopic (exact) mass is 554 g/mol. The van der Waals surface area contributed by atoms with Gasteiger partial charge in [-0.15, -0.1) is 0 Å². The smallest absolute Gasteiger partial charge is 0.251 e. The first-order chi connectivity index (χ1) is 19.8. The number of nitrogens with zero attached hydrogens (tertiary/aromatic N) is 2. The summed E-state index contributed by atoms with van der Waals surface area (Å²) in [5, 5.41) is 6.05. The minimum atomic E-state index is -0.844. The van der Waals surface area contributed by atoms with Crippen molar-refractivity contribution in [3.63, 3.8) is 0 Å². The number of para-hydroxylation sites is 1. The molecule has 41 heavy (non-hydrogen) atoms. The Hall–Kier alpha value is -4.37. The SMILES string of the molecule is CC(C)CC(NC(=O)c1ccc(Oc2ccccc2)cc1)C(=O)N1CC(C(=O)Cc2cccnc2)C2NCC(=O)C21. The predicted octanol–water partition coefficient (Wildman–Crippen LogP) is 3.20. The van der Waals surface area contributed by atoms with Crippen LogP contribution in [0, 0.1) is 11.8 Å². The van der Waals surface area contributed by atoms with E-state index in [-0.39, 0.29) is 42.9 Å². The van der Waals surface area contributed by atoms with Gasteiger partial charge in [0.1, 0.15) is 29.4 Å². The molecule has 0 radical (unpaired) electrons. The van der Waals surface area contributed by atoms with Crippen LogP contribution in [0.25, 0.3) is 0 Å². The summed E-state index contributed by atoms with van der Waals surface area (Å²) in [4.78, 5) is 58.9. The van der Waals surface area contributed by atoms with Crippen LogP contribution in [0.2, 0.25) is 0 Å². The Morgan fingerprint density at radius 1 is 1.02 bits per heavy atom. The molecule has 3 aromatic rings. The van der Waals surface area contributed by atoms with Crippen LogP contribution in [0.3, 0.4) is 0 Å². The maximum absolute atomic E-state index is 13.9.